The first-order valence-corrected chi connectivity index (χ1v) is 6.02. The number of hydrogen-bond acceptors (Lipinski definition) is 4. The highest BCUT2D eigenvalue weighted by atomic mass is 19.1. The monoisotopic (exact) mass is 275 g/mol. The molecule has 4 nitrogen and oxygen atoms in total. The van der Waals surface area contributed by atoms with Crippen LogP contribution in [0.25, 0.3) is 0 Å². The van der Waals surface area contributed by atoms with Crippen LogP contribution in [-0.2, 0) is 11.3 Å². The zero-order valence-electron chi connectivity index (χ0n) is 11.2. The van der Waals surface area contributed by atoms with E-state index in [4.69, 9.17) is 4.74 Å². The summed E-state index contributed by atoms with van der Waals surface area (Å²) in [5.74, 6) is -0.125. The first kappa shape index (κ1) is 14.0. The van der Waals surface area contributed by atoms with Crippen molar-refractivity contribution >= 4 is 5.97 Å². The van der Waals surface area contributed by atoms with E-state index in [1.54, 1.807) is 31.2 Å². The van der Waals surface area contributed by atoms with Gasteiger partial charge in [-0.3, -0.25) is 4.98 Å². The SMILES string of the molecule is COC(=O)c1ccc(COc2ccc(F)c(C)c2)nc1. The number of nitrogens with zero attached hydrogens (tertiary/aromatic N) is 1. The molecule has 1 aromatic carbocycles. The standard InChI is InChI=1S/C15H14FNO3/c1-10-7-13(5-6-14(10)16)20-9-12-4-3-11(8-17-12)15(18)19-2/h3-8H,9H2,1-2H3. The van der Waals surface area contributed by atoms with Gasteiger partial charge in [0.2, 0.25) is 0 Å². The minimum atomic E-state index is -0.431. The molecule has 1 aromatic heterocycles. The Morgan fingerprint density at radius 1 is 1.30 bits per heavy atom. The van der Waals surface area contributed by atoms with E-state index >= 15 is 0 Å². The van der Waals surface area contributed by atoms with Crippen molar-refractivity contribution < 1.29 is 18.7 Å². The quantitative estimate of drug-likeness (QED) is 0.805. The van der Waals surface area contributed by atoms with Crippen LogP contribution in [0.5, 0.6) is 5.75 Å². The summed E-state index contributed by atoms with van der Waals surface area (Å²) in [5.41, 5.74) is 1.57. The van der Waals surface area contributed by atoms with Crippen molar-refractivity contribution in [3.63, 3.8) is 0 Å². The fourth-order valence-corrected chi connectivity index (χ4v) is 1.61. The molecule has 2 aromatic rings. The van der Waals surface area contributed by atoms with Gasteiger partial charge in [-0.2, -0.15) is 0 Å². The van der Waals surface area contributed by atoms with Gasteiger partial charge in [-0.05, 0) is 42.8 Å². The number of halogens is 1. The van der Waals surface area contributed by atoms with E-state index in [0.29, 0.717) is 22.6 Å². The topological polar surface area (TPSA) is 48.4 Å². The Labute approximate surface area is 116 Å². The Morgan fingerprint density at radius 2 is 2.10 bits per heavy atom. The highest BCUT2D eigenvalue weighted by Gasteiger charge is 2.06. The second-order valence-electron chi connectivity index (χ2n) is 4.23. The van der Waals surface area contributed by atoms with Crippen LogP contribution in [0, 0.1) is 12.7 Å². The Bertz CT molecular complexity index is 611. The first-order chi connectivity index (χ1) is 9.60. The van der Waals surface area contributed by atoms with Crippen LogP contribution in [0.2, 0.25) is 0 Å². The van der Waals surface area contributed by atoms with E-state index in [1.165, 1.54) is 19.4 Å². The molecule has 2 rings (SSSR count). The summed E-state index contributed by atoms with van der Waals surface area (Å²) in [6, 6.07) is 7.85. The van der Waals surface area contributed by atoms with Crippen molar-refractivity contribution in [2.24, 2.45) is 0 Å². The van der Waals surface area contributed by atoms with Crippen molar-refractivity contribution in [1.29, 1.82) is 0 Å². The first-order valence-electron chi connectivity index (χ1n) is 6.02. The molecule has 0 spiro atoms. The van der Waals surface area contributed by atoms with Crippen LogP contribution < -0.4 is 4.74 Å². The number of aryl methyl sites for hydroxylation is 1. The fourth-order valence-electron chi connectivity index (χ4n) is 1.61. The number of rotatable bonds is 4. The van der Waals surface area contributed by atoms with E-state index in [-0.39, 0.29) is 12.4 Å². The van der Waals surface area contributed by atoms with E-state index in [1.807, 2.05) is 0 Å². The van der Waals surface area contributed by atoms with Crippen LogP contribution in [0.1, 0.15) is 21.6 Å². The Kier molecular flexibility index (Phi) is 4.30. The Morgan fingerprint density at radius 3 is 2.70 bits per heavy atom. The highest BCUT2D eigenvalue weighted by Crippen LogP contribution is 2.17. The van der Waals surface area contributed by atoms with Crippen LogP contribution in [0.4, 0.5) is 4.39 Å². The normalized spacial score (nSPS) is 10.2. The third kappa shape index (κ3) is 3.32. The number of carbonyl (C=O) groups is 1. The van der Waals surface area contributed by atoms with E-state index in [9.17, 15) is 9.18 Å². The summed E-state index contributed by atoms with van der Waals surface area (Å²) >= 11 is 0. The lowest BCUT2D eigenvalue weighted by Crippen LogP contribution is -2.04. The van der Waals surface area contributed by atoms with Gasteiger partial charge in [0.05, 0.1) is 18.4 Å². The maximum absolute atomic E-state index is 13.1. The average Bonchev–Trinajstić information content (AvgIpc) is 2.48. The van der Waals surface area contributed by atoms with Crippen molar-refractivity contribution in [2.45, 2.75) is 13.5 Å². The molecule has 0 atom stereocenters. The smallest absolute Gasteiger partial charge is 0.339 e. The average molecular weight is 275 g/mol. The summed E-state index contributed by atoms with van der Waals surface area (Å²) < 4.78 is 23.2. The minimum absolute atomic E-state index is 0.243. The third-order valence-corrected chi connectivity index (χ3v) is 2.76. The van der Waals surface area contributed by atoms with Gasteiger partial charge < -0.3 is 9.47 Å². The number of esters is 1. The number of hydrogen-bond donors (Lipinski definition) is 0. The maximum atomic E-state index is 13.1. The number of carbonyl (C=O) groups excluding carboxylic acids is 1. The number of benzene rings is 1. The lowest BCUT2D eigenvalue weighted by atomic mass is 10.2. The summed E-state index contributed by atoms with van der Waals surface area (Å²) in [5, 5.41) is 0. The van der Waals surface area contributed by atoms with Gasteiger partial charge in [-0.1, -0.05) is 0 Å². The zero-order valence-corrected chi connectivity index (χ0v) is 11.2. The molecular weight excluding hydrogens is 261 g/mol. The predicted octanol–water partition coefficient (Wildman–Crippen LogP) is 2.89. The number of aromatic nitrogens is 1. The number of ether oxygens (including phenoxy) is 2. The molecule has 0 aliphatic rings. The molecule has 5 heteroatoms. The van der Waals surface area contributed by atoms with Gasteiger partial charge in [0, 0.05) is 6.20 Å². The highest BCUT2D eigenvalue weighted by molar-refractivity contribution is 5.88. The lowest BCUT2D eigenvalue weighted by Gasteiger charge is -2.07. The molecule has 0 amide bonds. The minimum Gasteiger partial charge on any atom is -0.487 e. The number of methoxy groups -OCH3 is 1. The van der Waals surface area contributed by atoms with Gasteiger partial charge in [0.25, 0.3) is 0 Å². The van der Waals surface area contributed by atoms with E-state index in [0.717, 1.165) is 0 Å². The van der Waals surface area contributed by atoms with Crippen molar-refractivity contribution in [3.8, 4) is 5.75 Å². The molecule has 0 radical (unpaired) electrons. The van der Waals surface area contributed by atoms with Gasteiger partial charge >= 0.3 is 5.97 Å². The second-order valence-corrected chi connectivity index (χ2v) is 4.23. The predicted molar refractivity (Wildman–Crippen MR) is 71.0 cm³/mol. The van der Waals surface area contributed by atoms with Crippen molar-refractivity contribution in [3.05, 3.63) is 59.2 Å². The lowest BCUT2D eigenvalue weighted by molar-refractivity contribution is 0.0600. The maximum Gasteiger partial charge on any atom is 0.339 e. The van der Waals surface area contributed by atoms with Crippen LogP contribution in [-0.4, -0.2) is 18.1 Å². The summed E-state index contributed by atoms with van der Waals surface area (Å²) in [6.45, 7) is 1.91. The summed E-state index contributed by atoms with van der Waals surface area (Å²) in [6.07, 6.45) is 1.43. The molecule has 104 valence electrons. The molecule has 0 unspecified atom stereocenters. The molecule has 0 aliphatic carbocycles. The van der Waals surface area contributed by atoms with Gasteiger partial charge in [0.1, 0.15) is 18.2 Å². The van der Waals surface area contributed by atoms with Gasteiger partial charge in [0.15, 0.2) is 0 Å². The molecule has 0 saturated heterocycles. The summed E-state index contributed by atoms with van der Waals surface area (Å²) in [7, 11) is 1.32. The molecule has 0 N–H and O–H groups in total. The zero-order chi connectivity index (χ0) is 14.5. The number of pyridine rings is 1. The van der Waals surface area contributed by atoms with E-state index in [2.05, 4.69) is 9.72 Å². The molecule has 20 heavy (non-hydrogen) atoms. The molecule has 0 saturated carbocycles. The Balaban J connectivity index is 2.00. The molecule has 0 aliphatic heterocycles. The largest absolute Gasteiger partial charge is 0.487 e. The van der Waals surface area contributed by atoms with Crippen LogP contribution in [0.15, 0.2) is 36.5 Å². The van der Waals surface area contributed by atoms with Gasteiger partial charge in [-0.25, -0.2) is 9.18 Å². The molecular formula is C15H14FNO3. The molecule has 0 fully saturated rings. The van der Waals surface area contributed by atoms with Crippen molar-refractivity contribution in [2.75, 3.05) is 7.11 Å². The molecule has 0 bridgehead atoms. The Hall–Kier alpha value is -2.43. The second kappa shape index (κ2) is 6.14. The third-order valence-electron chi connectivity index (χ3n) is 2.76. The van der Waals surface area contributed by atoms with Crippen molar-refractivity contribution in [1.82, 2.24) is 4.98 Å². The van der Waals surface area contributed by atoms with Gasteiger partial charge in [-0.15, -0.1) is 0 Å². The van der Waals surface area contributed by atoms with Crippen LogP contribution >= 0.6 is 0 Å². The van der Waals surface area contributed by atoms with Crippen LogP contribution in [0.3, 0.4) is 0 Å². The fraction of sp³-hybridized carbons (Fsp3) is 0.200. The summed E-state index contributed by atoms with van der Waals surface area (Å²) in [4.78, 5) is 15.3. The van der Waals surface area contributed by atoms with E-state index < -0.39 is 5.97 Å². The molecule has 1 heterocycles.